The number of hydrogen-bond donors (Lipinski definition) is 1. The second-order valence-corrected chi connectivity index (χ2v) is 5.38. The highest BCUT2D eigenvalue weighted by Crippen LogP contribution is 2.38. The van der Waals surface area contributed by atoms with Crippen molar-refractivity contribution >= 4 is 5.96 Å². The number of nitrogens with two attached hydrogens (primary N) is 1. The summed E-state index contributed by atoms with van der Waals surface area (Å²) in [6.45, 7) is 4.47. The number of nitrogens with zero attached hydrogens (tertiary/aromatic N) is 3. The van der Waals surface area contributed by atoms with Gasteiger partial charge in [-0.15, -0.1) is 0 Å². The lowest BCUT2D eigenvalue weighted by atomic mass is 10.1. The van der Waals surface area contributed by atoms with Crippen LogP contribution in [0.5, 0.6) is 17.2 Å². The maximum Gasteiger partial charge on any atom is 0.203 e. The average Bonchev–Trinajstić information content (AvgIpc) is 2.60. The molecule has 0 spiro atoms. The van der Waals surface area contributed by atoms with Gasteiger partial charge >= 0.3 is 0 Å². The van der Waals surface area contributed by atoms with Gasteiger partial charge in [-0.3, -0.25) is 9.89 Å². The van der Waals surface area contributed by atoms with Crippen molar-refractivity contribution in [1.29, 1.82) is 0 Å². The van der Waals surface area contributed by atoms with Gasteiger partial charge in [-0.1, -0.05) is 0 Å². The van der Waals surface area contributed by atoms with Crippen molar-refractivity contribution in [2.75, 3.05) is 54.6 Å². The molecule has 23 heavy (non-hydrogen) atoms. The Morgan fingerprint density at radius 2 is 1.61 bits per heavy atom. The molecule has 0 radical (unpaired) electrons. The molecule has 2 N–H and O–H groups in total. The molecule has 0 amide bonds. The van der Waals surface area contributed by atoms with E-state index in [1.807, 2.05) is 12.1 Å². The molecule has 0 saturated carbocycles. The predicted octanol–water partition coefficient (Wildman–Crippen LogP) is 0.775. The minimum Gasteiger partial charge on any atom is -0.493 e. The molecule has 0 atom stereocenters. The first kappa shape index (κ1) is 17.2. The number of rotatable bonds is 5. The average molecular weight is 322 g/mol. The highest BCUT2D eigenvalue weighted by atomic mass is 16.5. The van der Waals surface area contributed by atoms with Crippen molar-refractivity contribution in [3.8, 4) is 17.2 Å². The molecular weight excluding hydrogens is 296 g/mol. The molecule has 7 nitrogen and oxygen atoms in total. The van der Waals surface area contributed by atoms with Gasteiger partial charge < -0.3 is 24.8 Å². The van der Waals surface area contributed by atoms with Crippen molar-refractivity contribution in [2.45, 2.75) is 6.54 Å². The summed E-state index contributed by atoms with van der Waals surface area (Å²) in [5, 5.41) is 0. The summed E-state index contributed by atoms with van der Waals surface area (Å²) in [6.07, 6.45) is 0. The maximum atomic E-state index is 5.86. The van der Waals surface area contributed by atoms with Gasteiger partial charge in [0.15, 0.2) is 17.5 Å². The van der Waals surface area contributed by atoms with E-state index in [2.05, 4.69) is 14.8 Å². The normalized spacial score (nSPS) is 16.3. The van der Waals surface area contributed by atoms with E-state index in [0.717, 1.165) is 38.3 Å². The molecule has 7 heteroatoms. The molecule has 1 fully saturated rings. The minimum absolute atomic E-state index is 0.609. The van der Waals surface area contributed by atoms with Crippen molar-refractivity contribution in [3.63, 3.8) is 0 Å². The van der Waals surface area contributed by atoms with Crippen LogP contribution in [0.25, 0.3) is 0 Å². The fourth-order valence-corrected chi connectivity index (χ4v) is 2.76. The van der Waals surface area contributed by atoms with Crippen LogP contribution in [0.4, 0.5) is 0 Å². The van der Waals surface area contributed by atoms with E-state index in [1.54, 1.807) is 28.4 Å². The summed E-state index contributed by atoms with van der Waals surface area (Å²) >= 11 is 0. The van der Waals surface area contributed by atoms with Gasteiger partial charge in [0.05, 0.1) is 21.3 Å². The highest BCUT2D eigenvalue weighted by molar-refractivity contribution is 5.78. The largest absolute Gasteiger partial charge is 0.493 e. The summed E-state index contributed by atoms with van der Waals surface area (Å²) in [5.74, 6) is 2.60. The van der Waals surface area contributed by atoms with E-state index in [4.69, 9.17) is 19.9 Å². The van der Waals surface area contributed by atoms with E-state index < -0.39 is 0 Å². The van der Waals surface area contributed by atoms with E-state index in [9.17, 15) is 0 Å². The van der Waals surface area contributed by atoms with Crippen LogP contribution < -0.4 is 19.9 Å². The van der Waals surface area contributed by atoms with Gasteiger partial charge in [0.2, 0.25) is 5.75 Å². The summed E-state index contributed by atoms with van der Waals surface area (Å²) in [4.78, 5) is 8.52. The molecule has 1 aliphatic rings. The molecular formula is C16H26N4O3. The Kier molecular flexibility index (Phi) is 5.92. The molecule has 128 valence electrons. The van der Waals surface area contributed by atoms with Crippen molar-refractivity contribution < 1.29 is 14.2 Å². The third kappa shape index (κ3) is 3.98. The topological polar surface area (TPSA) is 72.6 Å². The van der Waals surface area contributed by atoms with E-state index in [0.29, 0.717) is 23.2 Å². The number of hydrogen-bond acceptors (Lipinski definition) is 5. The number of aliphatic imine (C=N–C) groups is 1. The number of methoxy groups -OCH3 is 3. The molecule has 1 aromatic rings. The number of guanidine groups is 1. The van der Waals surface area contributed by atoms with E-state index in [-0.39, 0.29) is 0 Å². The van der Waals surface area contributed by atoms with Crippen LogP contribution in [0.1, 0.15) is 5.56 Å². The van der Waals surface area contributed by atoms with Crippen LogP contribution in [-0.2, 0) is 6.54 Å². The molecule has 0 bridgehead atoms. The zero-order valence-electron chi connectivity index (χ0n) is 14.3. The van der Waals surface area contributed by atoms with Gasteiger partial charge in [0.1, 0.15) is 0 Å². The van der Waals surface area contributed by atoms with Gasteiger partial charge in [-0.25, -0.2) is 0 Å². The number of ether oxygens (including phenoxy) is 3. The van der Waals surface area contributed by atoms with Crippen LogP contribution in [0.3, 0.4) is 0 Å². The Morgan fingerprint density at radius 1 is 1.04 bits per heavy atom. The molecule has 0 aromatic heterocycles. The molecule has 1 saturated heterocycles. The van der Waals surface area contributed by atoms with E-state index >= 15 is 0 Å². The van der Waals surface area contributed by atoms with Crippen molar-refractivity contribution in [2.24, 2.45) is 10.7 Å². The van der Waals surface area contributed by atoms with E-state index in [1.165, 1.54) is 0 Å². The Hall–Kier alpha value is -2.15. The number of benzene rings is 1. The van der Waals surface area contributed by atoms with Crippen LogP contribution in [-0.4, -0.2) is 70.3 Å². The lowest BCUT2D eigenvalue weighted by Crippen LogP contribution is -2.50. The van der Waals surface area contributed by atoms with Crippen molar-refractivity contribution in [1.82, 2.24) is 9.80 Å². The Bertz CT molecular complexity index is 529. The first-order chi connectivity index (χ1) is 11.1. The zero-order valence-corrected chi connectivity index (χ0v) is 14.3. The fraction of sp³-hybridized carbons (Fsp3) is 0.562. The van der Waals surface area contributed by atoms with Gasteiger partial charge in [-0.2, -0.15) is 0 Å². The third-order valence-electron chi connectivity index (χ3n) is 4.06. The lowest BCUT2D eigenvalue weighted by molar-refractivity contribution is 0.174. The second-order valence-electron chi connectivity index (χ2n) is 5.38. The lowest BCUT2D eigenvalue weighted by Gasteiger charge is -2.35. The molecule has 0 aliphatic carbocycles. The maximum absolute atomic E-state index is 5.86. The summed E-state index contributed by atoms with van der Waals surface area (Å²) < 4.78 is 16.2. The quantitative estimate of drug-likeness (QED) is 0.638. The number of piperazine rings is 1. The molecule has 1 aromatic carbocycles. The smallest absolute Gasteiger partial charge is 0.203 e. The fourth-order valence-electron chi connectivity index (χ4n) is 2.76. The first-order valence-corrected chi connectivity index (χ1v) is 7.61. The highest BCUT2D eigenvalue weighted by Gasteiger charge is 2.20. The van der Waals surface area contributed by atoms with Crippen LogP contribution in [0.15, 0.2) is 17.1 Å². The zero-order chi connectivity index (χ0) is 16.8. The monoisotopic (exact) mass is 322 g/mol. The van der Waals surface area contributed by atoms with Crippen molar-refractivity contribution in [3.05, 3.63) is 17.7 Å². The predicted molar refractivity (Wildman–Crippen MR) is 90.5 cm³/mol. The third-order valence-corrected chi connectivity index (χ3v) is 4.06. The van der Waals surface area contributed by atoms with Crippen LogP contribution in [0, 0.1) is 0 Å². The summed E-state index contributed by atoms with van der Waals surface area (Å²) in [5.41, 5.74) is 6.99. The Balaban J connectivity index is 2.06. The Labute approximate surface area is 137 Å². The second kappa shape index (κ2) is 7.92. The standard InChI is InChI=1S/C16H26N4O3/c1-18-16(17)20-7-5-19(6-8-20)11-12-9-13(21-2)15(23-4)14(10-12)22-3/h9-10H,5-8,11H2,1-4H3,(H2,17,18). The molecule has 1 heterocycles. The summed E-state index contributed by atoms with van der Waals surface area (Å²) in [7, 11) is 6.59. The first-order valence-electron chi connectivity index (χ1n) is 7.61. The van der Waals surface area contributed by atoms with Gasteiger partial charge in [-0.05, 0) is 17.7 Å². The van der Waals surface area contributed by atoms with Crippen LogP contribution in [0.2, 0.25) is 0 Å². The molecule has 0 unspecified atom stereocenters. The van der Waals surface area contributed by atoms with Crippen LogP contribution >= 0.6 is 0 Å². The van der Waals surface area contributed by atoms with Gasteiger partial charge in [0.25, 0.3) is 0 Å². The SMILES string of the molecule is CN=C(N)N1CCN(Cc2cc(OC)c(OC)c(OC)c2)CC1. The summed E-state index contributed by atoms with van der Waals surface area (Å²) in [6, 6.07) is 3.99. The minimum atomic E-state index is 0.609. The molecule has 1 aliphatic heterocycles. The Morgan fingerprint density at radius 3 is 2.04 bits per heavy atom. The van der Waals surface area contributed by atoms with Gasteiger partial charge in [0, 0.05) is 39.8 Å². The molecule has 2 rings (SSSR count).